The summed E-state index contributed by atoms with van der Waals surface area (Å²) in [7, 11) is 1.79. The molecule has 0 aromatic heterocycles. The van der Waals surface area contributed by atoms with Gasteiger partial charge in [0.05, 0.1) is 18.2 Å². The Bertz CT molecular complexity index is 768. The van der Waals surface area contributed by atoms with Crippen molar-refractivity contribution in [1.82, 2.24) is 9.80 Å². The van der Waals surface area contributed by atoms with Crippen molar-refractivity contribution in [2.75, 3.05) is 26.7 Å². The van der Waals surface area contributed by atoms with E-state index in [1.54, 1.807) is 24.1 Å². The van der Waals surface area contributed by atoms with Crippen LogP contribution in [0.2, 0.25) is 0 Å². The molecule has 1 saturated heterocycles. The normalized spacial score (nSPS) is 17.5. The van der Waals surface area contributed by atoms with E-state index in [0.29, 0.717) is 25.3 Å². The fourth-order valence-corrected chi connectivity index (χ4v) is 3.12. The van der Waals surface area contributed by atoms with Crippen LogP contribution in [0, 0.1) is 11.3 Å². The smallest absolute Gasteiger partial charge is 0.253 e. The SMILES string of the molecule is CN(Cc1ccc(C#N)cc1)C(=O)[C@@H]1CN(Cc2ccccc2)CCO1. The number of carbonyl (C=O) groups is 1. The fraction of sp³-hybridized carbons (Fsp3) is 0.333. The van der Waals surface area contributed by atoms with Gasteiger partial charge in [-0.25, -0.2) is 0 Å². The van der Waals surface area contributed by atoms with Crippen molar-refractivity contribution < 1.29 is 9.53 Å². The zero-order chi connectivity index (χ0) is 18.4. The van der Waals surface area contributed by atoms with Crippen molar-refractivity contribution in [2.24, 2.45) is 0 Å². The zero-order valence-electron chi connectivity index (χ0n) is 15.0. The summed E-state index contributed by atoms with van der Waals surface area (Å²) in [5.74, 6) is -0.00729. The summed E-state index contributed by atoms with van der Waals surface area (Å²) >= 11 is 0. The molecule has 1 fully saturated rings. The Balaban J connectivity index is 1.56. The molecule has 0 spiro atoms. The molecular formula is C21H23N3O2. The Hall–Kier alpha value is -2.68. The highest BCUT2D eigenvalue weighted by molar-refractivity contribution is 5.81. The molecule has 0 aliphatic carbocycles. The first kappa shape index (κ1) is 18.1. The number of nitrogens with zero attached hydrogens (tertiary/aromatic N) is 3. The van der Waals surface area contributed by atoms with Gasteiger partial charge in [-0.3, -0.25) is 9.69 Å². The number of ether oxygens (including phenoxy) is 1. The first-order valence-electron chi connectivity index (χ1n) is 8.77. The van der Waals surface area contributed by atoms with Gasteiger partial charge >= 0.3 is 0 Å². The number of benzene rings is 2. The van der Waals surface area contributed by atoms with Crippen molar-refractivity contribution >= 4 is 5.91 Å². The van der Waals surface area contributed by atoms with Gasteiger partial charge in [0.15, 0.2) is 0 Å². The van der Waals surface area contributed by atoms with E-state index in [1.165, 1.54) is 5.56 Å². The van der Waals surface area contributed by atoms with Gasteiger partial charge in [0.2, 0.25) is 0 Å². The molecule has 26 heavy (non-hydrogen) atoms. The van der Waals surface area contributed by atoms with Gasteiger partial charge in [-0.2, -0.15) is 5.26 Å². The largest absolute Gasteiger partial charge is 0.366 e. The van der Waals surface area contributed by atoms with E-state index in [4.69, 9.17) is 10.00 Å². The van der Waals surface area contributed by atoms with E-state index in [0.717, 1.165) is 18.7 Å². The molecule has 1 atom stereocenters. The Labute approximate surface area is 154 Å². The summed E-state index contributed by atoms with van der Waals surface area (Å²) in [4.78, 5) is 16.7. The molecule has 0 radical (unpaired) electrons. The third-order valence-electron chi connectivity index (χ3n) is 4.55. The molecule has 1 amide bonds. The minimum absolute atomic E-state index is 0.00729. The lowest BCUT2D eigenvalue weighted by atomic mass is 10.1. The van der Waals surface area contributed by atoms with Crippen LogP contribution in [0.4, 0.5) is 0 Å². The quantitative estimate of drug-likeness (QED) is 0.832. The molecule has 134 valence electrons. The highest BCUT2D eigenvalue weighted by atomic mass is 16.5. The molecule has 0 saturated carbocycles. The predicted molar refractivity (Wildman–Crippen MR) is 99.1 cm³/mol. The van der Waals surface area contributed by atoms with E-state index in [9.17, 15) is 4.79 Å². The fourth-order valence-electron chi connectivity index (χ4n) is 3.12. The van der Waals surface area contributed by atoms with Gasteiger partial charge in [0, 0.05) is 33.2 Å². The molecule has 0 unspecified atom stereocenters. The summed E-state index contributed by atoms with van der Waals surface area (Å²) in [6.07, 6.45) is -0.434. The number of hydrogen-bond acceptors (Lipinski definition) is 4. The van der Waals surface area contributed by atoms with Crippen LogP contribution in [0.15, 0.2) is 54.6 Å². The molecule has 5 nitrogen and oxygen atoms in total. The Morgan fingerprint density at radius 3 is 2.62 bits per heavy atom. The first-order valence-corrected chi connectivity index (χ1v) is 8.77. The topological polar surface area (TPSA) is 56.6 Å². The van der Waals surface area contributed by atoms with Gasteiger partial charge < -0.3 is 9.64 Å². The molecule has 2 aromatic rings. The van der Waals surface area contributed by atoms with E-state index in [2.05, 4.69) is 23.1 Å². The maximum Gasteiger partial charge on any atom is 0.253 e. The average molecular weight is 349 g/mol. The Kier molecular flexibility index (Phi) is 6.00. The summed E-state index contributed by atoms with van der Waals surface area (Å²) in [5, 5.41) is 8.86. The van der Waals surface area contributed by atoms with Crippen LogP contribution >= 0.6 is 0 Å². The van der Waals surface area contributed by atoms with Crippen LogP contribution in [0.25, 0.3) is 0 Å². The van der Waals surface area contributed by atoms with E-state index in [-0.39, 0.29) is 5.91 Å². The Morgan fingerprint density at radius 1 is 1.19 bits per heavy atom. The van der Waals surface area contributed by atoms with Crippen molar-refractivity contribution in [3.05, 3.63) is 71.3 Å². The number of likely N-dealkylation sites (N-methyl/N-ethyl adjacent to an activating group) is 1. The third kappa shape index (κ3) is 4.69. The molecule has 2 aromatic carbocycles. The number of carbonyl (C=O) groups excluding carboxylic acids is 1. The maximum absolute atomic E-state index is 12.7. The average Bonchev–Trinajstić information content (AvgIpc) is 2.69. The second kappa shape index (κ2) is 8.61. The highest BCUT2D eigenvalue weighted by Crippen LogP contribution is 2.14. The van der Waals surface area contributed by atoms with Gasteiger partial charge in [0.25, 0.3) is 5.91 Å². The third-order valence-corrected chi connectivity index (χ3v) is 4.55. The van der Waals surface area contributed by atoms with Crippen molar-refractivity contribution in [1.29, 1.82) is 5.26 Å². The molecule has 1 heterocycles. The van der Waals surface area contributed by atoms with Gasteiger partial charge in [-0.1, -0.05) is 42.5 Å². The molecule has 1 aliphatic rings. The van der Waals surface area contributed by atoms with Crippen LogP contribution in [0.5, 0.6) is 0 Å². The van der Waals surface area contributed by atoms with E-state index < -0.39 is 6.10 Å². The number of rotatable bonds is 5. The molecular weight excluding hydrogens is 326 g/mol. The Morgan fingerprint density at radius 2 is 1.92 bits per heavy atom. The summed E-state index contributed by atoms with van der Waals surface area (Å²) in [5.41, 5.74) is 2.86. The number of morpholine rings is 1. The second-order valence-corrected chi connectivity index (χ2v) is 6.58. The van der Waals surface area contributed by atoms with Crippen LogP contribution in [-0.4, -0.2) is 48.6 Å². The van der Waals surface area contributed by atoms with Crippen LogP contribution < -0.4 is 0 Å². The lowest BCUT2D eigenvalue weighted by Gasteiger charge is -2.34. The highest BCUT2D eigenvalue weighted by Gasteiger charge is 2.28. The number of hydrogen-bond donors (Lipinski definition) is 0. The summed E-state index contributed by atoms with van der Waals surface area (Å²) in [6.45, 7) is 3.33. The lowest BCUT2D eigenvalue weighted by Crippen LogP contribution is -2.49. The molecule has 1 aliphatic heterocycles. The van der Waals surface area contributed by atoms with Crippen LogP contribution in [-0.2, 0) is 22.6 Å². The number of amides is 1. The van der Waals surface area contributed by atoms with Crippen molar-refractivity contribution in [3.8, 4) is 6.07 Å². The van der Waals surface area contributed by atoms with Crippen LogP contribution in [0.3, 0.4) is 0 Å². The van der Waals surface area contributed by atoms with E-state index >= 15 is 0 Å². The number of nitriles is 1. The van der Waals surface area contributed by atoms with E-state index in [1.807, 2.05) is 30.3 Å². The molecule has 5 heteroatoms. The monoisotopic (exact) mass is 349 g/mol. The van der Waals surface area contributed by atoms with Gasteiger partial charge in [0.1, 0.15) is 6.10 Å². The van der Waals surface area contributed by atoms with Gasteiger partial charge in [-0.05, 0) is 23.3 Å². The van der Waals surface area contributed by atoms with Crippen molar-refractivity contribution in [3.63, 3.8) is 0 Å². The maximum atomic E-state index is 12.7. The molecule has 0 bridgehead atoms. The first-order chi connectivity index (χ1) is 12.7. The molecule has 0 N–H and O–H groups in total. The zero-order valence-corrected chi connectivity index (χ0v) is 15.0. The predicted octanol–water partition coefficient (Wildman–Crippen LogP) is 2.42. The van der Waals surface area contributed by atoms with Crippen LogP contribution in [0.1, 0.15) is 16.7 Å². The lowest BCUT2D eigenvalue weighted by molar-refractivity contribution is -0.148. The minimum atomic E-state index is -0.434. The minimum Gasteiger partial charge on any atom is -0.366 e. The summed E-state index contributed by atoms with van der Waals surface area (Å²) < 4.78 is 5.73. The molecule has 3 rings (SSSR count). The van der Waals surface area contributed by atoms with Crippen molar-refractivity contribution in [2.45, 2.75) is 19.2 Å². The van der Waals surface area contributed by atoms with Gasteiger partial charge in [-0.15, -0.1) is 0 Å². The second-order valence-electron chi connectivity index (χ2n) is 6.58. The standard InChI is InChI=1S/C21H23N3O2/c1-23(14-19-9-7-17(13-22)8-10-19)21(25)20-16-24(11-12-26-20)15-18-5-3-2-4-6-18/h2-10,20H,11-12,14-16H2,1H3/t20-/m0/s1. The summed E-state index contributed by atoms with van der Waals surface area (Å²) in [6, 6.07) is 19.7.